The first-order chi connectivity index (χ1) is 16.0. The largest absolute Gasteiger partial charge is 0.378 e. The molecule has 0 nitrogen and oxygen atoms in total. The van der Waals surface area contributed by atoms with Crippen LogP contribution in [-0.2, 0) is 0 Å². The minimum absolute atomic E-state index is 1.05. The second kappa shape index (κ2) is 9.29. The van der Waals surface area contributed by atoms with Gasteiger partial charge in [-0.25, -0.2) is 39.5 Å². The van der Waals surface area contributed by atoms with Crippen molar-refractivity contribution in [2.24, 2.45) is 0 Å². The molecule has 0 spiro atoms. The van der Waals surface area contributed by atoms with Crippen LogP contribution in [0.4, 0.5) is 92.2 Å². The normalized spacial score (nSPS) is 21.9. The maximum Gasteiger partial charge on any atom is 0.378 e. The summed E-state index contributed by atoms with van der Waals surface area (Å²) in [5.74, 6) is -51.1. The lowest BCUT2D eigenvalue weighted by Crippen LogP contribution is -2.76. The number of hydrogen-bond donors (Lipinski definition) is 0. The lowest BCUT2D eigenvalue weighted by Gasteiger charge is -2.49. The van der Waals surface area contributed by atoms with Gasteiger partial charge in [-0.1, -0.05) is 0 Å². The van der Waals surface area contributed by atoms with Crippen molar-refractivity contribution in [1.29, 1.82) is 0 Å². The Kier molecular flexibility index (Phi) is 8.93. The predicted molar refractivity (Wildman–Crippen MR) is 84.6 cm³/mol. The van der Waals surface area contributed by atoms with E-state index in [9.17, 15) is 92.2 Å². The SMILES string of the molecule is CC(F)(F)C(F)(F)C(F)C(F)(F)C(F)C(F)(F)C(F)(F)C(F)(F)C(C)(F)C(C)(F)C(C)(F)C(F)(F)C(F)F. The van der Waals surface area contributed by atoms with E-state index in [1.807, 2.05) is 0 Å². The Morgan fingerprint density at radius 3 is 0.974 bits per heavy atom. The smallest absolute Gasteiger partial charge is 0.237 e. The predicted octanol–water partition coefficient (Wildman–Crippen LogP) is 8.58. The van der Waals surface area contributed by atoms with Crippen molar-refractivity contribution in [2.45, 2.75) is 105 Å². The van der Waals surface area contributed by atoms with E-state index in [-0.39, 0.29) is 0 Å². The number of hydrogen-bond acceptors (Lipinski definition) is 0. The molecule has 0 aromatic carbocycles. The third-order valence-electron chi connectivity index (χ3n) is 5.96. The molecule has 21 heteroatoms. The van der Waals surface area contributed by atoms with Gasteiger partial charge in [-0.2, -0.15) is 52.7 Å². The first-order valence-electron chi connectivity index (χ1n) is 9.28. The number of alkyl halides is 21. The molecule has 0 amide bonds. The van der Waals surface area contributed by atoms with E-state index < -0.39 is 105 Å². The van der Waals surface area contributed by atoms with Gasteiger partial charge in [0.05, 0.1) is 0 Å². The van der Waals surface area contributed by atoms with Gasteiger partial charge in [-0.05, 0) is 20.8 Å². The second-order valence-electron chi connectivity index (χ2n) is 8.62. The fourth-order valence-corrected chi connectivity index (χ4v) is 2.75. The Labute approximate surface area is 198 Å². The van der Waals surface area contributed by atoms with Crippen LogP contribution >= 0.6 is 0 Å². The van der Waals surface area contributed by atoms with E-state index in [0.717, 1.165) is 0 Å². The maximum atomic E-state index is 14.7. The van der Waals surface area contributed by atoms with Crippen molar-refractivity contribution in [3.8, 4) is 0 Å². The summed E-state index contributed by atoms with van der Waals surface area (Å²) in [6.45, 7) is -4.82. The van der Waals surface area contributed by atoms with E-state index in [1.54, 1.807) is 0 Å². The molecule has 5 unspecified atom stereocenters. The van der Waals surface area contributed by atoms with Gasteiger partial charge in [0.15, 0.2) is 5.67 Å². The molecule has 5 atom stereocenters. The zero-order chi connectivity index (χ0) is 31.7. The Balaban J connectivity index is 6.96. The lowest BCUT2D eigenvalue weighted by atomic mass is 9.69. The van der Waals surface area contributed by atoms with Crippen LogP contribution in [0.2, 0.25) is 0 Å². The van der Waals surface area contributed by atoms with Crippen LogP contribution < -0.4 is 0 Å². The highest BCUT2D eigenvalue weighted by molar-refractivity contribution is 5.22. The van der Waals surface area contributed by atoms with Gasteiger partial charge in [0, 0.05) is 6.92 Å². The van der Waals surface area contributed by atoms with Crippen molar-refractivity contribution in [3.05, 3.63) is 0 Å². The monoisotopic (exact) mass is 618 g/mol. The fourth-order valence-electron chi connectivity index (χ4n) is 2.75. The summed E-state index contributed by atoms with van der Waals surface area (Å²) in [4.78, 5) is 0. The van der Waals surface area contributed by atoms with Crippen LogP contribution in [0.3, 0.4) is 0 Å². The molecule has 0 aliphatic heterocycles. The summed E-state index contributed by atoms with van der Waals surface area (Å²) in [7, 11) is 0. The van der Waals surface area contributed by atoms with Crippen molar-refractivity contribution in [1.82, 2.24) is 0 Å². The van der Waals surface area contributed by atoms with Crippen molar-refractivity contribution < 1.29 is 92.2 Å². The van der Waals surface area contributed by atoms with Crippen LogP contribution in [0.1, 0.15) is 27.7 Å². The zero-order valence-corrected chi connectivity index (χ0v) is 18.7. The Morgan fingerprint density at radius 2 is 0.684 bits per heavy atom. The van der Waals surface area contributed by atoms with E-state index in [2.05, 4.69) is 0 Å². The van der Waals surface area contributed by atoms with Crippen LogP contribution in [0.15, 0.2) is 0 Å². The molecular weight excluding hydrogens is 603 g/mol. The molecule has 38 heavy (non-hydrogen) atoms. The average Bonchev–Trinajstić information content (AvgIpc) is 2.70. The first-order valence-corrected chi connectivity index (χ1v) is 9.28. The molecule has 0 fully saturated rings. The van der Waals surface area contributed by atoms with Gasteiger partial charge in [0.2, 0.25) is 23.7 Å². The Bertz CT molecular complexity index is 833. The van der Waals surface area contributed by atoms with Gasteiger partial charge in [-0.3, -0.25) is 0 Å². The summed E-state index contributed by atoms with van der Waals surface area (Å²) in [6.07, 6.45) is -18.3. The van der Waals surface area contributed by atoms with E-state index in [0.29, 0.717) is 0 Å². The van der Waals surface area contributed by atoms with E-state index >= 15 is 0 Å². The molecule has 0 N–H and O–H groups in total. The molecule has 0 aromatic rings. The van der Waals surface area contributed by atoms with Gasteiger partial charge >= 0.3 is 47.9 Å². The van der Waals surface area contributed by atoms with Crippen LogP contribution in [0.25, 0.3) is 0 Å². The quantitative estimate of drug-likeness (QED) is 0.192. The topological polar surface area (TPSA) is 0 Å². The summed E-state index contributed by atoms with van der Waals surface area (Å²) < 4.78 is 285. The molecule has 0 aromatic heterocycles. The lowest BCUT2D eigenvalue weighted by molar-refractivity contribution is -0.393. The van der Waals surface area contributed by atoms with Gasteiger partial charge in [-0.15, -0.1) is 0 Å². The number of rotatable bonds is 12. The van der Waals surface area contributed by atoms with E-state index in [1.165, 1.54) is 0 Å². The molecule has 0 radical (unpaired) electrons. The molecule has 0 aliphatic rings. The Morgan fingerprint density at radius 1 is 0.368 bits per heavy atom. The standard InChI is InChI=1S/C17H15F21/c1-8(22,9(2,23)15(33,34)7(20)21)10(3,24)16(35,36)17(37,38)14(31,32)6(19)12(27,28)5(18)13(29,30)11(4,25)26/h5-7H,1-4H3. The van der Waals surface area contributed by atoms with E-state index in [4.69, 9.17) is 0 Å². The van der Waals surface area contributed by atoms with Crippen molar-refractivity contribution in [2.75, 3.05) is 0 Å². The van der Waals surface area contributed by atoms with Crippen molar-refractivity contribution >= 4 is 0 Å². The highest BCUT2D eigenvalue weighted by Gasteiger charge is 2.89. The molecule has 0 saturated carbocycles. The zero-order valence-electron chi connectivity index (χ0n) is 18.7. The van der Waals surface area contributed by atoms with Gasteiger partial charge < -0.3 is 0 Å². The van der Waals surface area contributed by atoms with Crippen molar-refractivity contribution in [3.63, 3.8) is 0 Å². The maximum absolute atomic E-state index is 14.7. The van der Waals surface area contributed by atoms with Crippen LogP contribution in [-0.4, -0.2) is 77.2 Å². The summed E-state index contributed by atoms with van der Waals surface area (Å²) in [5, 5.41) is 0. The molecular formula is C17H15F21. The molecule has 0 rings (SSSR count). The third kappa shape index (κ3) is 4.63. The fraction of sp³-hybridized carbons (Fsp3) is 1.00. The molecule has 0 heterocycles. The summed E-state index contributed by atoms with van der Waals surface area (Å²) in [6, 6.07) is 0. The third-order valence-corrected chi connectivity index (χ3v) is 5.96. The highest BCUT2D eigenvalue weighted by Crippen LogP contribution is 2.62. The average molecular weight is 618 g/mol. The highest BCUT2D eigenvalue weighted by atomic mass is 19.4. The van der Waals surface area contributed by atoms with Gasteiger partial charge in [0.25, 0.3) is 0 Å². The summed E-state index contributed by atoms with van der Waals surface area (Å²) in [5.41, 5.74) is -18.8. The summed E-state index contributed by atoms with van der Waals surface area (Å²) >= 11 is 0. The second-order valence-corrected chi connectivity index (χ2v) is 8.62. The Hall–Kier alpha value is -1.47. The molecule has 0 aliphatic carbocycles. The minimum Gasteiger partial charge on any atom is -0.237 e. The molecule has 230 valence electrons. The molecule has 0 bridgehead atoms. The first kappa shape index (κ1) is 36.5. The molecule has 0 saturated heterocycles. The van der Waals surface area contributed by atoms with Crippen LogP contribution in [0.5, 0.6) is 0 Å². The minimum atomic E-state index is -8.25. The van der Waals surface area contributed by atoms with Crippen LogP contribution in [0, 0.1) is 0 Å². The van der Waals surface area contributed by atoms with Gasteiger partial charge in [0.1, 0.15) is 0 Å². The number of halogens is 21.